The van der Waals surface area contributed by atoms with E-state index in [1.165, 1.54) is 9.80 Å². The third-order valence-electron chi connectivity index (χ3n) is 2.75. The highest BCUT2D eigenvalue weighted by atomic mass is 16.4. The van der Waals surface area contributed by atoms with E-state index in [0.29, 0.717) is 19.6 Å². The Kier molecular flexibility index (Phi) is 4.30. The minimum absolute atomic E-state index is 0.311. The van der Waals surface area contributed by atoms with Crippen molar-refractivity contribution in [1.82, 2.24) is 15.1 Å². The second-order valence-electron chi connectivity index (χ2n) is 3.89. The van der Waals surface area contributed by atoms with Crippen molar-refractivity contribution in [1.29, 1.82) is 0 Å². The first-order valence-corrected chi connectivity index (χ1v) is 5.48. The molecule has 1 unspecified atom stereocenters. The lowest BCUT2D eigenvalue weighted by Gasteiger charge is -2.36. The van der Waals surface area contributed by atoms with Crippen LogP contribution < -0.4 is 5.32 Å². The van der Waals surface area contributed by atoms with Crippen molar-refractivity contribution in [3.05, 3.63) is 0 Å². The molecule has 0 saturated carbocycles. The minimum Gasteiger partial charge on any atom is -0.481 e. The van der Waals surface area contributed by atoms with Gasteiger partial charge in [-0.3, -0.25) is 9.59 Å². The van der Waals surface area contributed by atoms with Crippen molar-refractivity contribution in [3.63, 3.8) is 0 Å². The normalized spacial score (nSPS) is 19.8. The Labute approximate surface area is 99.4 Å². The summed E-state index contributed by atoms with van der Waals surface area (Å²) < 4.78 is 0. The molecule has 17 heavy (non-hydrogen) atoms. The van der Waals surface area contributed by atoms with Crippen molar-refractivity contribution < 1.29 is 19.5 Å². The van der Waals surface area contributed by atoms with Gasteiger partial charge in [-0.2, -0.15) is 0 Å². The zero-order valence-electron chi connectivity index (χ0n) is 9.97. The van der Waals surface area contributed by atoms with Gasteiger partial charge >= 0.3 is 12.0 Å². The number of carboxylic acid groups (broad SMARTS) is 1. The molecule has 7 nitrogen and oxygen atoms in total. The smallest absolute Gasteiger partial charge is 0.320 e. The fraction of sp³-hybridized carbons (Fsp3) is 0.700. The highest BCUT2D eigenvalue weighted by molar-refractivity contribution is 5.91. The van der Waals surface area contributed by atoms with E-state index in [4.69, 9.17) is 5.11 Å². The lowest BCUT2D eigenvalue weighted by atomic mass is 10.1. The largest absolute Gasteiger partial charge is 0.481 e. The molecule has 2 N–H and O–H groups in total. The number of nitrogens with one attached hydrogen (secondary N) is 1. The number of urea groups is 1. The maximum absolute atomic E-state index is 11.9. The molecular weight excluding hydrogens is 226 g/mol. The Balaban J connectivity index is 2.82. The van der Waals surface area contributed by atoms with Crippen molar-refractivity contribution >= 4 is 17.9 Å². The summed E-state index contributed by atoms with van der Waals surface area (Å²) in [5, 5.41) is 11.3. The molecule has 1 aliphatic rings. The average Bonchev–Trinajstić information content (AvgIpc) is 2.29. The zero-order chi connectivity index (χ0) is 13.0. The van der Waals surface area contributed by atoms with Crippen LogP contribution in [0.1, 0.15) is 13.3 Å². The predicted octanol–water partition coefficient (Wildman–Crippen LogP) is -0.667. The van der Waals surface area contributed by atoms with E-state index in [0.717, 1.165) is 0 Å². The van der Waals surface area contributed by atoms with Crippen LogP contribution >= 0.6 is 0 Å². The van der Waals surface area contributed by atoms with E-state index in [9.17, 15) is 14.4 Å². The number of aliphatic carboxylic acids is 1. The fourth-order valence-corrected chi connectivity index (χ4v) is 1.67. The SMILES string of the molecule is CCN(C)C(=O)N1CCNC(=O)C1CC(=O)O. The number of rotatable bonds is 3. The van der Waals surface area contributed by atoms with Crippen molar-refractivity contribution in [2.75, 3.05) is 26.7 Å². The second-order valence-corrected chi connectivity index (χ2v) is 3.89. The molecule has 1 heterocycles. The molecule has 1 rings (SSSR count). The van der Waals surface area contributed by atoms with Gasteiger partial charge in [-0.25, -0.2) is 4.79 Å². The van der Waals surface area contributed by atoms with Gasteiger partial charge in [0.05, 0.1) is 6.42 Å². The molecule has 96 valence electrons. The van der Waals surface area contributed by atoms with Gasteiger partial charge < -0.3 is 20.2 Å². The lowest BCUT2D eigenvalue weighted by molar-refractivity contribution is -0.142. The average molecular weight is 243 g/mol. The van der Waals surface area contributed by atoms with Gasteiger partial charge in [-0.15, -0.1) is 0 Å². The summed E-state index contributed by atoms with van der Waals surface area (Å²) in [4.78, 5) is 37.0. The van der Waals surface area contributed by atoms with Crippen LogP contribution in [0.2, 0.25) is 0 Å². The standard InChI is InChI=1S/C10H17N3O4/c1-3-12(2)10(17)13-5-4-11-9(16)7(13)6-8(14)15/h7H,3-6H2,1-2H3,(H,11,16)(H,14,15). The van der Waals surface area contributed by atoms with Crippen LogP contribution in [0.4, 0.5) is 4.79 Å². The number of carboxylic acids is 1. The van der Waals surface area contributed by atoms with Gasteiger partial charge in [0, 0.05) is 26.7 Å². The van der Waals surface area contributed by atoms with E-state index in [1.807, 2.05) is 6.92 Å². The van der Waals surface area contributed by atoms with E-state index in [2.05, 4.69) is 5.32 Å². The first-order valence-electron chi connectivity index (χ1n) is 5.48. The summed E-state index contributed by atoms with van der Waals surface area (Å²) >= 11 is 0. The number of carbonyl (C=O) groups is 3. The summed E-state index contributed by atoms with van der Waals surface area (Å²) in [5.74, 6) is -1.50. The maximum Gasteiger partial charge on any atom is 0.320 e. The molecule has 0 aromatic heterocycles. The molecule has 0 aliphatic carbocycles. The highest BCUT2D eigenvalue weighted by Crippen LogP contribution is 2.11. The number of hydrogen-bond acceptors (Lipinski definition) is 3. The summed E-state index contributed by atoms with van der Waals surface area (Å²) in [7, 11) is 1.62. The third-order valence-corrected chi connectivity index (χ3v) is 2.75. The number of carbonyl (C=O) groups excluding carboxylic acids is 2. The molecular formula is C10H17N3O4. The van der Waals surface area contributed by atoms with Gasteiger partial charge in [-0.1, -0.05) is 0 Å². The molecule has 0 radical (unpaired) electrons. The monoisotopic (exact) mass is 243 g/mol. The van der Waals surface area contributed by atoms with Crippen LogP contribution in [0.5, 0.6) is 0 Å². The Morgan fingerprint density at radius 3 is 2.76 bits per heavy atom. The number of amides is 3. The molecule has 1 atom stereocenters. The summed E-state index contributed by atoms with van der Waals surface area (Å²) in [6.45, 7) is 3.02. The summed E-state index contributed by atoms with van der Waals surface area (Å²) in [5.41, 5.74) is 0. The fourth-order valence-electron chi connectivity index (χ4n) is 1.67. The Hall–Kier alpha value is -1.79. The number of nitrogens with zero attached hydrogens (tertiary/aromatic N) is 2. The molecule has 3 amide bonds. The van der Waals surface area contributed by atoms with Crippen LogP contribution in [0.25, 0.3) is 0 Å². The van der Waals surface area contributed by atoms with Crippen LogP contribution in [0.15, 0.2) is 0 Å². The van der Waals surface area contributed by atoms with Crippen molar-refractivity contribution in [3.8, 4) is 0 Å². The van der Waals surface area contributed by atoms with E-state index >= 15 is 0 Å². The van der Waals surface area contributed by atoms with Gasteiger partial charge in [0.15, 0.2) is 0 Å². The molecule has 0 spiro atoms. The summed E-state index contributed by atoms with van der Waals surface area (Å²) in [6, 6.07) is -1.23. The van der Waals surface area contributed by atoms with Gasteiger partial charge in [0.2, 0.25) is 5.91 Å². The molecule has 0 aromatic rings. The van der Waals surface area contributed by atoms with Crippen molar-refractivity contribution in [2.45, 2.75) is 19.4 Å². The van der Waals surface area contributed by atoms with Crippen molar-refractivity contribution in [2.24, 2.45) is 0 Å². The van der Waals surface area contributed by atoms with Crippen LogP contribution in [-0.4, -0.2) is 65.5 Å². The molecule has 1 fully saturated rings. The molecule has 1 saturated heterocycles. The minimum atomic E-state index is -1.09. The maximum atomic E-state index is 11.9. The number of piperazine rings is 1. The highest BCUT2D eigenvalue weighted by Gasteiger charge is 2.35. The van der Waals surface area contributed by atoms with Crippen LogP contribution in [0.3, 0.4) is 0 Å². The van der Waals surface area contributed by atoms with Gasteiger partial charge in [-0.05, 0) is 6.92 Å². The summed E-state index contributed by atoms with van der Waals surface area (Å²) in [6.07, 6.45) is -0.366. The lowest BCUT2D eigenvalue weighted by Crippen LogP contribution is -2.60. The Morgan fingerprint density at radius 1 is 1.59 bits per heavy atom. The van der Waals surface area contributed by atoms with Crippen LogP contribution in [0, 0.1) is 0 Å². The van der Waals surface area contributed by atoms with Gasteiger partial charge in [0.1, 0.15) is 6.04 Å². The molecule has 1 aliphatic heterocycles. The second kappa shape index (κ2) is 5.51. The topological polar surface area (TPSA) is 90.0 Å². The molecule has 0 bridgehead atoms. The first kappa shape index (κ1) is 13.3. The molecule has 7 heteroatoms. The first-order chi connectivity index (χ1) is 7.97. The number of hydrogen-bond donors (Lipinski definition) is 2. The Morgan fingerprint density at radius 2 is 2.24 bits per heavy atom. The van der Waals surface area contributed by atoms with E-state index < -0.39 is 17.9 Å². The third kappa shape index (κ3) is 3.08. The van der Waals surface area contributed by atoms with Crippen LogP contribution in [-0.2, 0) is 9.59 Å². The molecule has 0 aromatic carbocycles. The zero-order valence-corrected chi connectivity index (χ0v) is 9.97. The predicted molar refractivity (Wildman–Crippen MR) is 59.5 cm³/mol. The van der Waals surface area contributed by atoms with E-state index in [-0.39, 0.29) is 12.5 Å². The Bertz CT molecular complexity index is 332. The quantitative estimate of drug-likeness (QED) is 0.688. The van der Waals surface area contributed by atoms with E-state index in [1.54, 1.807) is 7.05 Å². The van der Waals surface area contributed by atoms with Gasteiger partial charge in [0.25, 0.3) is 0 Å².